The molecule has 1 heterocycles. The zero-order chi connectivity index (χ0) is 11.4. The van der Waals surface area contributed by atoms with Gasteiger partial charge in [0.1, 0.15) is 12.4 Å². The van der Waals surface area contributed by atoms with E-state index < -0.39 is 0 Å². The third-order valence-electron chi connectivity index (χ3n) is 2.08. The van der Waals surface area contributed by atoms with Gasteiger partial charge < -0.3 is 10.5 Å². The summed E-state index contributed by atoms with van der Waals surface area (Å²) in [5, 5.41) is 6.78. The summed E-state index contributed by atoms with van der Waals surface area (Å²) < 4.78 is 5.51. The Balaban J connectivity index is 1.95. The number of hydrogen-bond acceptors (Lipinski definition) is 4. The van der Waals surface area contributed by atoms with Gasteiger partial charge in [0.05, 0.1) is 6.04 Å². The fourth-order valence-corrected chi connectivity index (χ4v) is 1.25. The van der Waals surface area contributed by atoms with Crippen molar-refractivity contribution in [2.45, 2.75) is 19.6 Å². The van der Waals surface area contributed by atoms with Crippen LogP contribution in [0.4, 0.5) is 0 Å². The Labute approximate surface area is 93.7 Å². The van der Waals surface area contributed by atoms with E-state index in [2.05, 4.69) is 15.2 Å². The number of hydrogen-bond donors (Lipinski definition) is 2. The van der Waals surface area contributed by atoms with Crippen LogP contribution in [-0.2, 0) is 6.61 Å². The second-order valence-electron chi connectivity index (χ2n) is 3.53. The zero-order valence-electron chi connectivity index (χ0n) is 9.05. The lowest BCUT2D eigenvalue weighted by Gasteiger charge is -2.02. The second-order valence-corrected chi connectivity index (χ2v) is 3.53. The summed E-state index contributed by atoms with van der Waals surface area (Å²) in [6, 6.07) is 9.40. The summed E-state index contributed by atoms with van der Waals surface area (Å²) in [5.74, 6) is 2.09. The molecule has 0 spiro atoms. The maximum atomic E-state index is 5.65. The molecular weight excluding hydrogens is 204 g/mol. The van der Waals surface area contributed by atoms with E-state index in [0.717, 1.165) is 5.75 Å². The minimum absolute atomic E-state index is 0.165. The normalized spacial score (nSPS) is 12.4. The predicted octanol–water partition coefficient (Wildman–Crippen LogP) is 1.40. The average molecular weight is 218 g/mol. The largest absolute Gasteiger partial charge is 0.486 e. The highest BCUT2D eigenvalue weighted by molar-refractivity contribution is 5.20. The van der Waals surface area contributed by atoms with E-state index >= 15 is 0 Å². The van der Waals surface area contributed by atoms with Gasteiger partial charge in [0.25, 0.3) is 0 Å². The quantitative estimate of drug-likeness (QED) is 0.813. The number of H-pyrrole nitrogens is 1. The van der Waals surface area contributed by atoms with E-state index in [1.54, 1.807) is 0 Å². The first kappa shape index (κ1) is 10.6. The molecule has 0 fully saturated rings. The fraction of sp³-hybridized carbons (Fsp3) is 0.273. The van der Waals surface area contributed by atoms with Crippen LogP contribution in [0.1, 0.15) is 24.6 Å². The molecule has 0 aliphatic heterocycles. The summed E-state index contributed by atoms with van der Waals surface area (Å²) in [6.07, 6.45) is 0. The molecule has 1 aromatic heterocycles. The number of aromatic nitrogens is 3. The van der Waals surface area contributed by atoms with Gasteiger partial charge >= 0.3 is 0 Å². The van der Waals surface area contributed by atoms with Crippen LogP contribution in [-0.4, -0.2) is 15.2 Å². The maximum absolute atomic E-state index is 5.65. The molecule has 1 unspecified atom stereocenters. The lowest BCUT2D eigenvalue weighted by Crippen LogP contribution is -2.07. The van der Waals surface area contributed by atoms with E-state index in [0.29, 0.717) is 18.3 Å². The van der Waals surface area contributed by atoms with Crippen molar-refractivity contribution in [3.8, 4) is 5.75 Å². The predicted molar refractivity (Wildman–Crippen MR) is 59.8 cm³/mol. The molecule has 16 heavy (non-hydrogen) atoms. The number of benzene rings is 1. The Bertz CT molecular complexity index is 438. The van der Waals surface area contributed by atoms with Crippen molar-refractivity contribution in [1.82, 2.24) is 15.2 Å². The fourth-order valence-electron chi connectivity index (χ4n) is 1.25. The minimum atomic E-state index is -0.165. The third-order valence-corrected chi connectivity index (χ3v) is 2.08. The Morgan fingerprint density at radius 3 is 2.75 bits per heavy atom. The van der Waals surface area contributed by atoms with Crippen LogP contribution in [0.15, 0.2) is 30.3 Å². The van der Waals surface area contributed by atoms with Crippen molar-refractivity contribution in [2.24, 2.45) is 5.73 Å². The van der Waals surface area contributed by atoms with Gasteiger partial charge in [-0.15, -0.1) is 0 Å². The SMILES string of the molecule is CC(N)c1n[nH]c(COc2ccccc2)n1. The molecule has 0 radical (unpaired) electrons. The van der Waals surface area contributed by atoms with Crippen molar-refractivity contribution in [3.63, 3.8) is 0 Å². The highest BCUT2D eigenvalue weighted by Crippen LogP contribution is 2.10. The first-order chi connectivity index (χ1) is 7.75. The molecule has 1 atom stereocenters. The van der Waals surface area contributed by atoms with Crippen LogP contribution in [0.2, 0.25) is 0 Å². The molecule has 2 aromatic rings. The van der Waals surface area contributed by atoms with Crippen LogP contribution < -0.4 is 10.5 Å². The van der Waals surface area contributed by atoms with E-state index in [1.807, 2.05) is 37.3 Å². The first-order valence-corrected chi connectivity index (χ1v) is 5.10. The van der Waals surface area contributed by atoms with Gasteiger partial charge in [0, 0.05) is 0 Å². The molecule has 0 saturated heterocycles. The van der Waals surface area contributed by atoms with E-state index in [4.69, 9.17) is 10.5 Å². The van der Waals surface area contributed by atoms with Crippen LogP contribution in [0.3, 0.4) is 0 Å². The van der Waals surface area contributed by atoms with Crippen LogP contribution >= 0.6 is 0 Å². The van der Waals surface area contributed by atoms with Gasteiger partial charge in [-0.05, 0) is 19.1 Å². The molecule has 0 amide bonds. The number of nitrogens with two attached hydrogens (primary N) is 1. The Hall–Kier alpha value is -1.88. The molecule has 5 heteroatoms. The Kier molecular flexibility index (Phi) is 3.16. The average Bonchev–Trinajstić information content (AvgIpc) is 2.76. The number of ether oxygens (including phenoxy) is 1. The number of aromatic amines is 1. The van der Waals surface area contributed by atoms with Gasteiger partial charge in [-0.2, -0.15) is 5.10 Å². The summed E-state index contributed by atoms with van der Waals surface area (Å²) >= 11 is 0. The highest BCUT2D eigenvalue weighted by atomic mass is 16.5. The van der Waals surface area contributed by atoms with Crippen molar-refractivity contribution in [1.29, 1.82) is 0 Å². The van der Waals surface area contributed by atoms with Gasteiger partial charge in [-0.25, -0.2) is 4.98 Å². The molecule has 2 rings (SSSR count). The lowest BCUT2D eigenvalue weighted by molar-refractivity contribution is 0.296. The van der Waals surface area contributed by atoms with E-state index in [1.165, 1.54) is 0 Å². The van der Waals surface area contributed by atoms with E-state index in [9.17, 15) is 0 Å². The van der Waals surface area contributed by atoms with Crippen molar-refractivity contribution in [2.75, 3.05) is 0 Å². The molecule has 84 valence electrons. The molecule has 0 aliphatic carbocycles. The molecule has 0 saturated carbocycles. The summed E-state index contributed by atoms with van der Waals surface area (Å²) in [6.45, 7) is 2.20. The lowest BCUT2D eigenvalue weighted by atomic mass is 10.3. The molecule has 0 bridgehead atoms. The smallest absolute Gasteiger partial charge is 0.167 e. The minimum Gasteiger partial charge on any atom is -0.486 e. The molecule has 5 nitrogen and oxygen atoms in total. The monoisotopic (exact) mass is 218 g/mol. The summed E-state index contributed by atoms with van der Waals surface area (Å²) in [4.78, 5) is 4.21. The number of rotatable bonds is 4. The van der Waals surface area contributed by atoms with Crippen LogP contribution in [0.5, 0.6) is 5.75 Å². The van der Waals surface area contributed by atoms with Crippen molar-refractivity contribution in [3.05, 3.63) is 42.0 Å². The maximum Gasteiger partial charge on any atom is 0.167 e. The second kappa shape index (κ2) is 4.76. The zero-order valence-corrected chi connectivity index (χ0v) is 9.05. The van der Waals surface area contributed by atoms with Crippen LogP contribution in [0.25, 0.3) is 0 Å². The van der Waals surface area contributed by atoms with Gasteiger partial charge in [0.15, 0.2) is 11.6 Å². The molecule has 0 aliphatic rings. The Morgan fingerprint density at radius 1 is 1.38 bits per heavy atom. The van der Waals surface area contributed by atoms with Crippen molar-refractivity contribution < 1.29 is 4.74 Å². The summed E-state index contributed by atoms with van der Waals surface area (Å²) in [5.41, 5.74) is 5.65. The van der Waals surface area contributed by atoms with Gasteiger partial charge in [-0.3, -0.25) is 5.10 Å². The van der Waals surface area contributed by atoms with Crippen LogP contribution in [0, 0.1) is 0 Å². The van der Waals surface area contributed by atoms with Gasteiger partial charge in [0.2, 0.25) is 0 Å². The van der Waals surface area contributed by atoms with E-state index in [-0.39, 0.29) is 6.04 Å². The standard InChI is InChI=1S/C11H14N4O/c1-8(12)11-13-10(14-15-11)7-16-9-5-3-2-4-6-9/h2-6,8H,7,12H2,1H3,(H,13,14,15). The highest BCUT2D eigenvalue weighted by Gasteiger charge is 2.07. The number of nitrogens with zero attached hydrogens (tertiary/aromatic N) is 2. The first-order valence-electron chi connectivity index (χ1n) is 5.10. The number of nitrogens with one attached hydrogen (secondary N) is 1. The Morgan fingerprint density at radius 2 is 2.12 bits per heavy atom. The third kappa shape index (κ3) is 2.58. The number of para-hydroxylation sites is 1. The topological polar surface area (TPSA) is 76.8 Å². The van der Waals surface area contributed by atoms with Gasteiger partial charge in [-0.1, -0.05) is 18.2 Å². The molecular formula is C11H14N4O. The van der Waals surface area contributed by atoms with Crippen molar-refractivity contribution >= 4 is 0 Å². The molecule has 1 aromatic carbocycles. The molecule has 3 N–H and O–H groups in total. The summed E-state index contributed by atoms with van der Waals surface area (Å²) in [7, 11) is 0.